The summed E-state index contributed by atoms with van der Waals surface area (Å²) in [7, 11) is 0. The highest BCUT2D eigenvalue weighted by molar-refractivity contribution is 9.10. The first-order valence-electron chi connectivity index (χ1n) is 5.41. The molecule has 2 heterocycles. The summed E-state index contributed by atoms with van der Waals surface area (Å²) >= 11 is 4.93. The standard InChI is InChI=1S/C12H11BrN2OS/c13-11-7-17-12(15-11)14-6-9-5-8-3-1-2-4-10(8)16-9/h1-4,7,9H,5-6H2,(H,14,15). The second kappa shape index (κ2) is 4.66. The van der Waals surface area contributed by atoms with E-state index >= 15 is 0 Å². The predicted molar refractivity (Wildman–Crippen MR) is 72.9 cm³/mol. The van der Waals surface area contributed by atoms with Gasteiger partial charge in [0.15, 0.2) is 5.13 Å². The van der Waals surface area contributed by atoms with Gasteiger partial charge in [-0.2, -0.15) is 0 Å². The maximum atomic E-state index is 5.84. The smallest absolute Gasteiger partial charge is 0.183 e. The number of thiazole rings is 1. The summed E-state index contributed by atoms with van der Waals surface area (Å²) in [4.78, 5) is 4.29. The van der Waals surface area contributed by atoms with Crippen LogP contribution in [0.25, 0.3) is 0 Å². The third kappa shape index (κ3) is 2.45. The second-order valence-corrected chi connectivity index (χ2v) is 5.58. The molecule has 3 rings (SSSR count). The average Bonchev–Trinajstić information content (AvgIpc) is 2.91. The monoisotopic (exact) mass is 310 g/mol. The largest absolute Gasteiger partial charge is 0.488 e. The molecule has 17 heavy (non-hydrogen) atoms. The molecule has 1 aliphatic rings. The lowest BCUT2D eigenvalue weighted by Gasteiger charge is -2.10. The van der Waals surface area contributed by atoms with E-state index in [-0.39, 0.29) is 6.10 Å². The van der Waals surface area contributed by atoms with E-state index in [0.717, 1.165) is 28.4 Å². The topological polar surface area (TPSA) is 34.1 Å². The van der Waals surface area contributed by atoms with Gasteiger partial charge in [0.05, 0.1) is 6.54 Å². The number of para-hydroxylation sites is 1. The zero-order valence-electron chi connectivity index (χ0n) is 9.02. The molecular formula is C12H11BrN2OS. The van der Waals surface area contributed by atoms with Crippen LogP contribution in [0.4, 0.5) is 5.13 Å². The third-order valence-electron chi connectivity index (χ3n) is 2.67. The number of hydrogen-bond donors (Lipinski definition) is 1. The van der Waals surface area contributed by atoms with Crippen molar-refractivity contribution < 1.29 is 4.74 Å². The van der Waals surface area contributed by atoms with E-state index in [1.54, 1.807) is 11.3 Å². The van der Waals surface area contributed by atoms with Gasteiger partial charge in [-0.1, -0.05) is 18.2 Å². The number of hydrogen-bond acceptors (Lipinski definition) is 4. The van der Waals surface area contributed by atoms with Crippen molar-refractivity contribution in [2.75, 3.05) is 11.9 Å². The SMILES string of the molecule is Brc1csc(NCC2Cc3ccccc3O2)n1. The number of fused-ring (bicyclic) bond motifs is 1. The molecule has 2 aromatic rings. The average molecular weight is 311 g/mol. The van der Waals surface area contributed by atoms with E-state index in [4.69, 9.17) is 4.74 Å². The van der Waals surface area contributed by atoms with Gasteiger partial charge >= 0.3 is 0 Å². The fourth-order valence-electron chi connectivity index (χ4n) is 1.90. The van der Waals surface area contributed by atoms with Gasteiger partial charge in [0, 0.05) is 11.8 Å². The molecule has 0 amide bonds. The number of benzene rings is 1. The second-order valence-electron chi connectivity index (χ2n) is 3.91. The van der Waals surface area contributed by atoms with Gasteiger partial charge in [-0.15, -0.1) is 11.3 Å². The molecule has 88 valence electrons. The molecule has 0 spiro atoms. The Bertz CT molecular complexity index is 504. The number of nitrogens with one attached hydrogen (secondary N) is 1. The van der Waals surface area contributed by atoms with Crippen molar-refractivity contribution in [3.8, 4) is 5.75 Å². The highest BCUT2D eigenvalue weighted by atomic mass is 79.9. The number of aromatic nitrogens is 1. The van der Waals surface area contributed by atoms with Crippen LogP contribution in [0.1, 0.15) is 5.56 Å². The van der Waals surface area contributed by atoms with Gasteiger partial charge in [-0.25, -0.2) is 4.98 Å². The van der Waals surface area contributed by atoms with Crippen LogP contribution in [0.5, 0.6) is 5.75 Å². The molecule has 1 aromatic carbocycles. The molecule has 0 bridgehead atoms. The van der Waals surface area contributed by atoms with Crippen LogP contribution in [-0.4, -0.2) is 17.6 Å². The van der Waals surface area contributed by atoms with Crippen LogP contribution in [0, 0.1) is 0 Å². The van der Waals surface area contributed by atoms with Crippen molar-refractivity contribution in [2.24, 2.45) is 0 Å². The molecule has 0 fully saturated rings. The van der Waals surface area contributed by atoms with Crippen molar-refractivity contribution in [3.05, 3.63) is 39.8 Å². The van der Waals surface area contributed by atoms with E-state index in [1.165, 1.54) is 5.56 Å². The van der Waals surface area contributed by atoms with E-state index in [0.29, 0.717) is 0 Å². The van der Waals surface area contributed by atoms with Crippen molar-refractivity contribution >= 4 is 32.4 Å². The molecule has 1 atom stereocenters. The number of anilines is 1. The van der Waals surface area contributed by atoms with E-state index in [1.807, 2.05) is 17.5 Å². The number of ether oxygens (including phenoxy) is 1. The summed E-state index contributed by atoms with van der Waals surface area (Å²) in [5.41, 5.74) is 1.29. The Morgan fingerprint density at radius 3 is 3.12 bits per heavy atom. The highest BCUT2D eigenvalue weighted by Crippen LogP contribution is 2.28. The lowest BCUT2D eigenvalue weighted by molar-refractivity contribution is 0.246. The van der Waals surface area contributed by atoms with Crippen molar-refractivity contribution in [1.29, 1.82) is 0 Å². The van der Waals surface area contributed by atoms with E-state index < -0.39 is 0 Å². The Balaban J connectivity index is 1.59. The minimum Gasteiger partial charge on any atom is -0.488 e. The normalized spacial score (nSPS) is 17.6. The molecule has 0 saturated heterocycles. The molecule has 0 radical (unpaired) electrons. The first kappa shape index (κ1) is 11.0. The molecule has 1 unspecified atom stereocenters. The van der Waals surface area contributed by atoms with Crippen LogP contribution in [0.2, 0.25) is 0 Å². The predicted octanol–water partition coefficient (Wildman–Crippen LogP) is 3.32. The van der Waals surface area contributed by atoms with Gasteiger partial charge in [0.25, 0.3) is 0 Å². The first-order chi connectivity index (χ1) is 8.31. The van der Waals surface area contributed by atoms with Gasteiger partial charge < -0.3 is 10.1 Å². The molecule has 1 aliphatic heterocycles. The van der Waals surface area contributed by atoms with Gasteiger partial charge in [-0.3, -0.25) is 0 Å². The highest BCUT2D eigenvalue weighted by Gasteiger charge is 2.22. The summed E-state index contributed by atoms with van der Waals surface area (Å²) in [5.74, 6) is 1.01. The van der Waals surface area contributed by atoms with Gasteiger partial charge in [-0.05, 0) is 27.6 Å². The summed E-state index contributed by atoms with van der Waals surface area (Å²) in [5, 5.41) is 6.19. The van der Waals surface area contributed by atoms with E-state index in [9.17, 15) is 0 Å². The minimum absolute atomic E-state index is 0.204. The number of halogens is 1. The Hall–Kier alpha value is -1.07. The Labute approximate surface area is 112 Å². The quantitative estimate of drug-likeness (QED) is 0.944. The Morgan fingerprint density at radius 1 is 1.47 bits per heavy atom. The Morgan fingerprint density at radius 2 is 2.35 bits per heavy atom. The molecule has 5 heteroatoms. The molecule has 0 saturated carbocycles. The molecule has 3 nitrogen and oxygen atoms in total. The van der Waals surface area contributed by atoms with Crippen LogP contribution in [-0.2, 0) is 6.42 Å². The zero-order chi connectivity index (χ0) is 11.7. The Kier molecular flexibility index (Phi) is 3.03. The van der Waals surface area contributed by atoms with Crippen LogP contribution >= 0.6 is 27.3 Å². The fraction of sp³-hybridized carbons (Fsp3) is 0.250. The maximum absolute atomic E-state index is 5.84. The lowest BCUT2D eigenvalue weighted by Crippen LogP contribution is -2.23. The molecule has 0 aliphatic carbocycles. The fourth-order valence-corrected chi connectivity index (χ4v) is 3.06. The molecule has 1 N–H and O–H groups in total. The van der Waals surface area contributed by atoms with Crippen LogP contribution in [0.3, 0.4) is 0 Å². The summed E-state index contributed by atoms with van der Waals surface area (Å²) in [6.07, 6.45) is 1.17. The summed E-state index contributed by atoms with van der Waals surface area (Å²) < 4.78 is 6.71. The zero-order valence-corrected chi connectivity index (χ0v) is 11.4. The van der Waals surface area contributed by atoms with Crippen LogP contribution in [0.15, 0.2) is 34.2 Å². The van der Waals surface area contributed by atoms with Crippen LogP contribution < -0.4 is 10.1 Å². The van der Waals surface area contributed by atoms with Crippen molar-refractivity contribution in [1.82, 2.24) is 4.98 Å². The molecule has 1 aromatic heterocycles. The summed E-state index contributed by atoms with van der Waals surface area (Å²) in [6.45, 7) is 0.786. The first-order valence-corrected chi connectivity index (χ1v) is 7.08. The number of rotatable bonds is 3. The number of nitrogens with zero attached hydrogens (tertiary/aromatic N) is 1. The van der Waals surface area contributed by atoms with Crippen molar-refractivity contribution in [3.63, 3.8) is 0 Å². The maximum Gasteiger partial charge on any atom is 0.183 e. The molecular weight excluding hydrogens is 300 g/mol. The minimum atomic E-state index is 0.204. The van der Waals surface area contributed by atoms with Crippen molar-refractivity contribution in [2.45, 2.75) is 12.5 Å². The van der Waals surface area contributed by atoms with E-state index in [2.05, 4.69) is 38.4 Å². The summed E-state index contributed by atoms with van der Waals surface area (Å²) in [6, 6.07) is 8.20. The van der Waals surface area contributed by atoms with Gasteiger partial charge in [0.2, 0.25) is 0 Å². The van der Waals surface area contributed by atoms with Gasteiger partial charge in [0.1, 0.15) is 16.5 Å². The third-order valence-corrected chi connectivity index (χ3v) is 4.18. The lowest BCUT2D eigenvalue weighted by atomic mass is 10.1.